The van der Waals surface area contributed by atoms with Crippen LogP contribution in [0.4, 0.5) is 11.4 Å². The van der Waals surface area contributed by atoms with E-state index in [0.717, 1.165) is 44.7 Å². The lowest BCUT2D eigenvalue weighted by atomic mass is 10.1. The molecule has 0 spiro atoms. The minimum Gasteiger partial charge on any atom is -0.369 e. The highest BCUT2D eigenvalue weighted by Crippen LogP contribution is 2.20. The molecule has 0 aliphatic carbocycles. The molecule has 1 aromatic carbocycles. The number of carbonyl (C=O) groups is 1. The van der Waals surface area contributed by atoms with E-state index in [0.29, 0.717) is 0 Å². The molecule has 116 valence electrons. The number of benzene rings is 1. The molecule has 1 aliphatic rings. The molecule has 0 radical (unpaired) electrons. The van der Waals surface area contributed by atoms with E-state index in [1.807, 2.05) is 19.1 Å². The molecule has 0 aromatic heterocycles. The van der Waals surface area contributed by atoms with Gasteiger partial charge < -0.3 is 15.1 Å². The smallest absolute Gasteiger partial charge is 0.227 e. The molecule has 1 aromatic rings. The third-order valence-corrected chi connectivity index (χ3v) is 4.17. The molecule has 1 N–H and O–H groups in total. The minimum absolute atomic E-state index is 0.0762. The van der Waals surface area contributed by atoms with Crippen molar-refractivity contribution in [1.29, 1.82) is 0 Å². The molecule has 1 aliphatic heterocycles. The normalized spacial score (nSPS) is 17.6. The first kappa shape index (κ1) is 15.8. The number of hydrogen-bond acceptors (Lipinski definition) is 3. The van der Waals surface area contributed by atoms with Gasteiger partial charge in [0.25, 0.3) is 0 Å². The Kier molecular flexibility index (Phi) is 5.62. The Labute approximate surface area is 128 Å². The number of nitrogens with one attached hydrogen (secondary N) is 1. The predicted octanol–water partition coefficient (Wildman–Crippen LogP) is 2.81. The van der Waals surface area contributed by atoms with E-state index in [4.69, 9.17) is 0 Å². The van der Waals surface area contributed by atoms with Crippen molar-refractivity contribution < 1.29 is 4.79 Å². The summed E-state index contributed by atoms with van der Waals surface area (Å²) >= 11 is 0. The van der Waals surface area contributed by atoms with Gasteiger partial charge in [0.1, 0.15) is 0 Å². The molecule has 0 saturated carbocycles. The van der Waals surface area contributed by atoms with Crippen LogP contribution in [0.15, 0.2) is 24.3 Å². The third kappa shape index (κ3) is 4.46. The van der Waals surface area contributed by atoms with Gasteiger partial charge in [-0.05, 0) is 37.7 Å². The van der Waals surface area contributed by atoms with Gasteiger partial charge in [0.15, 0.2) is 0 Å². The lowest BCUT2D eigenvalue weighted by Crippen LogP contribution is -2.44. The summed E-state index contributed by atoms with van der Waals surface area (Å²) in [5.41, 5.74) is 2.13. The van der Waals surface area contributed by atoms with Crippen molar-refractivity contribution >= 4 is 17.3 Å². The number of hydrogen-bond donors (Lipinski definition) is 1. The molecule has 2 rings (SSSR count). The van der Waals surface area contributed by atoms with Crippen molar-refractivity contribution in [2.75, 3.05) is 43.4 Å². The third-order valence-electron chi connectivity index (χ3n) is 4.17. The van der Waals surface area contributed by atoms with Crippen LogP contribution in [0.3, 0.4) is 0 Å². The van der Waals surface area contributed by atoms with Gasteiger partial charge in [0.2, 0.25) is 5.91 Å². The number of nitrogens with zero attached hydrogens (tertiary/aromatic N) is 2. The molecule has 21 heavy (non-hydrogen) atoms. The summed E-state index contributed by atoms with van der Waals surface area (Å²) in [6.07, 6.45) is 1.97. The number of piperazine rings is 1. The molecule has 1 amide bonds. The molecule has 1 unspecified atom stereocenters. The van der Waals surface area contributed by atoms with E-state index in [-0.39, 0.29) is 11.8 Å². The van der Waals surface area contributed by atoms with E-state index < -0.39 is 0 Å². The van der Waals surface area contributed by atoms with Gasteiger partial charge in [-0.15, -0.1) is 0 Å². The number of amides is 1. The predicted molar refractivity (Wildman–Crippen MR) is 88.9 cm³/mol. The number of carbonyl (C=O) groups excluding carboxylic acids is 1. The fraction of sp³-hybridized carbons (Fsp3) is 0.588. The highest BCUT2D eigenvalue weighted by molar-refractivity contribution is 5.92. The lowest BCUT2D eigenvalue weighted by molar-refractivity contribution is -0.119. The fourth-order valence-electron chi connectivity index (χ4n) is 2.65. The Hall–Kier alpha value is -1.55. The lowest BCUT2D eigenvalue weighted by Gasteiger charge is -2.34. The zero-order valence-corrected chi connectivity index (χ0v) is 13.4. The molecule has 4 nitrogen and oxygen atoms in total. The van der Waals surface area contributed by atoms with E-state index in [1.54, 1.807) is 0 Å². The Bertz CT molecular complexity index is 450. The van der Waals surface area contributed by atoms with Gasteiger partial charge in [0, 0.05) is 43.5 Å². The molecule has 1 saturated heterocycles. The topological polar surface area (TPSA) is 35.6 Å². The van der Waals surface area contributed by atoms with Crippen LogP contribution in [0.2, 0.25) is 0 Å². The molecule has 4 heteroatoms. The maximum atomic E-state index is 12.0. The van der Waals surface area contributed by atoms with Gasteiger partial charge in [-0.1, -0.05) is 20.3 Å². The summed E-state index contributed by atoms with van der Waals surface area (Å²) in [7, 11) is 2.16. The summed E-state index contributed by atoms with van der Waals surface area (Å²) < 4.78 is 0. The fourth-order valence-corrected chi connectivity index (χ4v) is 2.65. The number of likely N-dealkylation sites (N-methyl/N-ethyl adjacent to an activating group) is 1. The first-order valence-electron chi connectivity index (χ1n) is 7.94. The molecule has 1 fully saturated rings. The summed E-state index contributed by atoms with van der Waals surface area (Å²) in [5.74, 6) is 0.191. The summed E-state index contributed by atoms with van der Waals surface area (Å²) in [5, 5.41) is 3.00. The molecule has 1 heterocycles. The van der Waals surface area contributed by atoms with Crippen LogP contribution < -0.4 is 10.2 Å². The Balaban J connectivity index is 1.91. The van der Waals surface area contributed by atoms with Crippen LogP contribution in [-0.2, 0) is 4.79 Å². The van der Waals surface area contributed by atoms with Gasteiger partial charge >= 0.3 is 0 Å². The van der Waals surface area contributed by atoms with Gasteiger partial charge in [-0.2, -0.15) is 0 Å². The maximum Gasteiger partial charge on any atom is 0.227 e. The van der Waals surface area contributed by atoms with Crippen molar-refractivity contribution in [2.45, 2.75) is 26.7 Å². The zero-order valence-electron chi connectivity index (χ0n) is 13.4. The molecular formula is C17H27N3O. The van der Waals surface area contributed by atoms with Crippen molar-refractivity contribution in [3.8, 4) is 0 Å². The Morgan fingerprint density at radius 3 is 2.38 bits per heavy atom. The van der Waals surface area contributed by atoms with E-state index in [2.05, 4.69) is 41.2 Å². The van der Waals surface area contributed by atoms with Gasteiger partial charge in [0.05, 0.1) is 0 Å². The van der Waals surface area contributed by atoms with E-state index >= 15 is 0 Å². The molecule has 0 bridgehead atoms. The standard InChI is InChI=1S/C17H27N3O/c1-4-5-14(2)17(21)18-15-6-8-16(9-7-15)20-12-10-19(3)11-13-20/h6-9,14H,4-5,10-13H2,1-3H3,(H,18,21). The second kappa shape index (κ2) is 7.46. The summed E-state index contributed by atoms with van der Waals surface area (Å²) in [6.45, 7) is 8.43. The minimum atomic E-state index is 0.0762. The second-order valence-corrected chi connectivity index (χ2v) is 6.02. The van der Waals surface area contributed by atoms with Crippen molar-refractivity contribution in [3.05, 3.63) is 24.3 Å². The van der Waals surface area contributed by atoms with Crippen LogP contribution in [-0.4, -0.2) is 44.0 Å². The largest absolute Gasteiger partial charge is 0.369 e. The Morgan fingerprint density at radius 1 is 1.19 bits per heavy atom. The first-order chi connectivity index (χ1) is 10.1. The van der Waals surface area contributed by atoms with E-state index in [9.17, 15) is 4.79 Å². The van der Waals surface area contributed by atoms with Crippen LogP contribution in [0.1, 0.15) is 26.7 Å². The van der Waals surface area contributed by atoms with Crippen LogP contribution in [0.5, 0.6) is 0 Å². The van der Waals surface area contributed by atoms with Crippen molar-refractivity contribution in [2.24, 2.45) is 5.92 Å². The average molecular weight is 289 g/mol. The highest BCUT2D eigenvalue weighted by Gasteiger charge is 2.15. The van der Waals surface area contributed by atoms with Gasteiger partial charge in [-0.3, -0.25) is 4.79 Å². The van der Waals surface area contributed by atoms with Crippen LogP contribution in [0, 0.1) is 5.92 Å². The SMILES string of the molecule is CCCC(C)C(=O)Nc1ccc(N2CCN(C)CC2)cc1. The highest BCUT2D eigenvalue weighted by atomic mass is 16.1. The average Bonchev–Trinajstić information content (AvgIpc) is 2.49. The van der Waals surface area contributed by atoms with Crippen molar-refractivity contribution in [3.63, 3.8) is 0 Å². The quantitative estimate of drug-likeness (QED) is 0.905. The summed E-state index contributed by atoms with van der Waals surface area (Å²) in [6, 6.07) is 8.21. The summed E-state index contributed by atoms with van der Waals surface area (Å²) in [4.78, 5) is 16.7. The van der Waals surface area contributed by atoms with E-state index in [1.165, 1.54) is 5.69 Å². The van der Waals surface area contributed by atoms with Crippen LogP contribution >= 0.6 is 0 Å². The zero-order chi connectivity index (χ0) is 15.2. The maximum absolute atomic E-state index is 12.0. The molecular weight excluding hydrogens is 262 g/mol. The van der Waals surface area contributed by atoms with Crippen LogP contribution in [0.25, 0.3) is 0 Å². The second-order valence-electron chi connectivity index (χ2n) is 6.02. The monoisotopic (exact) mass is 289 g/mol. The molecule has 1 atom stereocenters. The first-order valence-corrected chi connectivity index (χ1v) is 7.94. The number of anilines is 2. The Morgan fingerprint density at radius 2 is 1.81 bits per heavy atom. The van der Waals surface area contributed by atoms with Gasteiger partial charge in [-0.25, -0.2) is 0 Å². The van der Waals surface area contributed by atoms with Crippen molar-refractivity contribution in [1.82, 2.24) is 4.90 Å². The number of rotatable bonds is 5.